The van der Waals surface area contributed by atoms with Gasteiger partial charge in [0, 0.05) is 0 Å². The number of Topliss-reactive ketones (excluding diaryl/α,β-unsaturated/α-hetero) is 1. The Morgan fingerprint density at radius 1 is 1.47 bits per heavy atom. The molecule has 2 heterocycles. The smallest absolute Gasteiger partial charge is 0.279 e. The highest BCUT2D eigenvalue weighted by atomic mass is 79.9. The zero-order valence-electron chi connectivity index (χ0n) is 10.1. The maximum atomic E-state index is 11.8. The second kappa shape index (κ2) is 5.62. The highest BCUT2D eigenvalue weighted by Crippen LogP contribution is 2.13. The van der Waals surface area contributed by atoms with Crippen molar-refractivity contribution < 1.29 is 4.79 Å². The molecular formula is C11H9BrN4O2S. The molecule has 0 fully saturated rings. The summed E-state index contributed by atoms with van der Waals surface area (Å²) in [5.74, 6) is -0.133. The maximum absolute atomic E-state index is 11.8. The lowest BCUT2D eigenvalue weighted by molar-refractivity contribution is -0.112. The number of H-pyrrole nitrogens is 1. The Morgan fingerprint density at radius 3 is 2.84 bits per heavy atom. The highest BCUT2D eigenvalue weighted by Gasteiger charge is 2.07. The van der Waals surface area contributed by atoms with Crippen LogP contribution in [0.4, 0.5) is 0 Å². The van der Waals surface area contributed by atoms with Crippen molar-refractivity contribution in [1.82, 2.24) is 19.9 Å². The minimum Gasteiger partial charge on any atom is -0.299 e. The van der Waals surface area contributed by atoms with Crippen LogP contribution in [-0.2, 0) is 4.79 Å². The minimum atomic E-state index is -0.351. The number of nitrogens with zero attached hydrogens (tertiary/aromatic N) is 3. The van der Waals surface area contributed by atoms with E-state index in [2.05, 4.69) is 35.9 Å². The number of thioether (sulfide) groups is 1. The minimum absolute atomic E-state index is 0.133. The Morgan fingerprint density at radius 2 is 2.21 bits per heavy atom. The molecule has 0 radical (unpaired) electrons. The summed E-state index contributed by atoms with van der Waals surface area (Å²) in [4.78, 5) is 37.9. The Hall–Kier alpha value is -1.54. The van der Waals surface area contributed by atoms with Gasteiger partial charge in [-0.15, -0.1) is 0 Å². The number of aromatic nitrogens is 4. The average molecular weight is 341 g/mol. The van der Waals surface area contributed by atoms with Crippen LogP contribution >= 0.6 is 27.7 Å². The van der Waals surface area contributed by atoms with Crippen LogP contribution in [0.3, 0.4) is 0 Å². The van der Waals surface area contributed by atoms with Crippen LogP contribution in [0.15, 0.2) is 20.6 Å². The number of fused-ring (bicyclic) bond motifs is 1. The summed E-state index contributed by atoms with van der Waals surface area (Å²) in [7, 11) is 0. The first-order valence-electron chi connectivity index (χ1n) is 5.20. The number of allylic oxidation sites excluding steroid dienone is 1. The van der Waals surface area contributed by atoms with Crippen LogP contribution in [0.5, 0.6) is 0 Å². The van der Waals surface area contributed by atoms with Gasteiger partial charge in [-0.05, 0) is 35.2 Å². The van der Waals surface area contributed by atoms with Crippen molar-refractivity contribution in [2.24, 2.45) is 0 Å². The van der Waals surface area contributed by atoms with Crippen LogP contribution in [-0.4, -0.2) is 32.0 Å². The molecule has 0 aliphatic carbocycles. The Balaban J connectivity index is 2.59. The average Bonchev–Trinajstić information content (AvgIpc) is 2.39. The second-order valence-electron chi connectivity index (χ2n) is 3.59. The number of nitrogens with one attached hydrogen (secondary N) is 1. The van der Waals surface area contributed by atoms with Gasteiger partial charge in [0.05, 0.1) is 16.4 Å². The van der Waals surface area contributed by atoms with E-state index >= 15 is 0 Å². The van der Waals surface area contributed by atoms with Crippen molar-refractivity contribution in [3.63, 3.8) is 0 Å². The van der Waals surface area contributed by atoms with E-state index in [-0.39, 0.29) is 22.5 Å². The Labute approximate surface area is 120 Å². The Bertz CT molecular complexity index is 741. The van der Waals surface area contributed by atoms with Crippen LogP contribution < -0.4 is 5.56 Å². The molecule has 2 rings (SSSR count). The molecule has 0 saturated carbocycles. The third-order valence-corrected chi connectivity index (χ3v) is 3.59. The third-order valence-electron chi connectivity index (χ3n) is 2.22. The van der Waals surface area contributed by atoms with Crippen molar-refractivity contribution in [2.75, 3.05) is 6.26 Å². The molecule has 0 unspecified atom stereocenters. The summed E-state index contributed by atoms with van der Waals surface area (Å²) >= 11 is 4.44. The van der Waals surface area contributed by atoms with Crippen LogP contribution in [0.2, 0.25) is 0 Å². The third kappa shape index (κ3) is 3.07. The van der Waals surface area contributed by atoms with Crippen LogP contribution in [0.1, 0.15) is 12.6 Å². The van der Waals surface area contributed by atoms with Gasteiger partial charge in [-0.1, -0.05) is 11.8 Å². The fraction of sp³-hybridized carbons (Fsp3) is 0.182. The molecule has 0 aliphatic rings. The van der Waals surface area contributed by atoms with Crippen LogP contribution in [0, 0.1) is 0 Å². The maximum Gasteiger partial charge on any atom is 0.279 e. The molecule has 19 heavy (non-hydrogen) atoms. The molecule has 0 saturated heterocycles. The molecule has 0 aliphatic heterocycles. The molecule has 6 nitrogen and oxygen atoms in total. The SMILES string of the molecule is CSc1nc2ncc(/C=C(/Br)C(C)=O)nc2c(=O)[nH]1. The number of carbonyl (C=O) groups excluding carboxylic acids is 1. The summed E-state index contributed by atoms with van der Waals surface area (Å²) in [5, 5.41) is 0.486. The van der Waals surface area contributed by atoms with Gasteiger partial charge >= 0.3 is 0 Å². The predicted octanol–water partition coefficient (Wildman–Crippen LogP) is 1.76. The van der Waals surface area contributed by atoms with Crippen molar-refractivity contribution in [3.8, 4) is 0 Å². The molecule has 8 heteroatoms. The van der Waals surface area contributed by atoms with Gasteiger partial charge < -0.3 is 0 Å². The number of hydrogen-bond acceptors (Lipinski definition) is 6. The first-order valence-corrected chi connectivity index (χ1v) is 7.22. The van der Waals surface area contributed by atoms with Crippen molar-refractivity contribution in [2.45, 2.75) is 12.1 Å². The summed E-state index contributed by atoms with van der Waals surface area (Å²) in [6.07, 6.45) is 4.78. The zero-order valence-corrected chi connectivity index (χ0v) is 12.5. The van der Waals surface area contributed by atoms with Gasteiger partial charge in [-0.2, -0.15) is 0 Å². The lowest BCUT2D eigenvalue weighted by Crippen LogP contribution is -2.12. The van der Waals surface area contributed by atoms with Crippen molar-refractivity contribution >= 4 is 50.7 Å². The van der Waals surface area contributed by atoms with Gasteiger partial charge in [-0.25, -0.2) is 15.0 Å². The molecule has 0 amide bonds. The number of hydrogen-bond donors (Lipinski definition) is 1. The molecule has 0 atom stereocenters. The van der Waals surface area contributed by atoms with Crippen molar-refractivity contribution in [1.29, 1.82) is 0 Å². The number of halogens is 1. The fourth-order valence-electron chi connectivity index (χ4n) is 1.31. The van der Waals surface area contributed by atoms with E-state index in [1.165, 1.54) is 31.0 Å². The van der Waals surface area contributed by atoms with Gasteiger partial charge in [0.15, 0.2) is 22.1 Å². The van der Waals surface area contributed by atoms with Gasteiger partial charge in [0.25, 0.3) is 5.56 Å². The highest BCUT2D eigenvalue weighted by molar-refractivity contribution is 9.12. The molecular weight excluding hydrogens is 332 g/mol. The monoisotopic (exact) mass is 340 g/mol. The van der Waals surface area contributed by atoms with E-state index in [1.54, 1.807) is 6.26 Å². The van der Waals surface area contributed by atoms with Crippen LogP contribution in [0.25, 0.3) is 17.2 Å². The van der Waals surface area contributed by atoms with E-state index < -0.39 is 0 Å². The predicted molar refractivity (Wildman–Crippen MR) is 77.3 cm³/mol. The first kappa shape index (κ1) is 13.9. The van der Waals surface area contributed by atoms with E-state index in [0.29, 0.717) is 15.3 Å². The fourth-order valence-corrected chi connectivity index (χ4v) is 1.92. The van der Waals surface area contributed by atoms with E-state index in [0.717, 1.165) is 0 Å². The second-order valence-corrected chi connectivity index (χ2v) is 5.24. The number of rotatable bonds is 3. The summed E-state index contributed by atoms with van der Waals surface area (Å²) in [5.41, 5.74) is 0.495. The van der Waals surface area contributed by atoms with E-state index in [9.17, 15) is 9.59 Å². The zero-order chi connectivity index (χ0) is 14.0. The summed E-state index contributed by atoms with van der Waals surface area (Å²) in [6, 6.07) is 0. The molecule has 0 aromatic carbocycles. The quantitative estimate of drug-likeness (QED) is 0.520. The molecule has 0 bridgehead atoms. The normalized spacial score (nSPS) is 11.8. The lowest BCUT2D eigenvalue weighted by atomic mass is 10.3. The van der Waals surface area contributed by atoms with Gasteiger partial charge in [0.1, 0.15) is 0 Å². The topological polar surface area (TPSA) is 88.6 Å². The van der Waals surface area contributed by atoms with E-state index in [1.807, 2.05) is 0 Å². The lowest BCUT2D eigenvalue weighted by Gasteiger charge is -2.00. The summed E-state index contributed by atoms with van der Waals surface area (Å²) < 4.78 is 0.367. The van der Waals surface area contributed by atoms with Gasteiger partial charge in [-0.3, -0.25) is 14.6 Å². The molecule has 98 valence electrons. The van der Waals surface area contributed by atoms with E-state index in [4.69, 9.17) is 0 Å². The van der Waals surface area contributed by atoms with Gasteiger partial charge in [0.2, 0.25) is 0 Å². The largest absolute Gasteiger partial charge is 0.299 e. The molecule has 2 aromatic rings. The van der Waals surface area contributed by atoms with Crippen molar-refractivity contribution in [3.05, 3.63) is 26.7 Å². The standard InChI is InChI=1S/C11H9BrN4O2S/c1-5(17)7(12)3-6-4-13-9-8(14-6)10(18)16-11(15-9)19-2/h3-4H,1-2H3,(H,13,15,16,18)/b7-3+. The Kier molecular flexibility index (Phi) is 4.11. The molecule has 2 aromatic heterocycles. The number of aromatic amines is 1. The number of ketones is 1. The first-order chi connectivity index (χ1) is 9.01. The molecule has 1 N–H and O–H groups in total. The molecule has 0 spiro atoms. The summed E-state index contributed by atoms with van der Waals surface area (Å²) in [6.45, 7) is 1.42. The number of carbonyl (C=O) groups is 1.